The van der Waals surface area contributed by atoms with Crippen LogP contribution in [0.2, 0.25) is 0 Å². The maximum atomic E-state index is 10.7. The third kappa shape index (κ3) is 9.29. The Morgan fingerprint density at radius 2 is 2.15 bits per heavy atom. The monoisotopic (exact) mass is 388 g/mol. The molecular weight excluding hydrogens is 336 g/mol. The molecule has 4 N–H and O–H groups in total. The number of aliphatic carboxylic acids is 1. The highest BCUT2D eigenvalue weighted by molar-refractivity contribution is 5.66. The molecule has 0 aliphatic carbocycles. The maximum Gasteiger partial charge on any atom is 0.303 e. The van der Waals surface area contributed by atoms with Gasteiger partial charge < -0.3 is 25.2 Å². The lowest BCUT2D eigenvalue weighted by Crippen LogP contribution is -2.43. The quantitative estimate of drug-likeness (QED) is 0.405. The molecule has 1 heterocycles. The van der Waals surface area contributed by atoms with E-state index in [0.717, 1.165) is 0 Å². The lowest BCUT2D eigenvalue weighted by Gasteiger charge is -2.36. The van der Waals surface area contributed by atoms with Crippen LogP contribution in [0.4, 0.5) is 0 Å². The topological polar surface area (TPSA) is 107 Å². The summed E-state index contributed by atoms with van der Waals surface area (Å²) in [5.74, 6) is -4.11. The number of allylic oxidation sites excluding steroid dienone is 3. The van der Waals surface area contributed by atoms with Gasteiger partial charge in [-0.2, -0.15) is 0 Å². The lowest BCUT2D eigenvalue weighted by atomic mass is 9.87. The molecule has 0 spiro atoms. The van der Waals surface area contributed by atoms with E-state index in [1.165, 1.54) is 0 Å². The van der Waals surface area contributed by atoms with Crippen LogP contribution in [0.1, 0.15) is 65.6 Å². The molecule has 1 aliphatic heterocycles. The highest BCUT2D eigenvalue weighted by Crippen LogP contribution is 2.29. The van der Waals surface area contributed by atoms with E-state index >= 15 is 0 Å². The number of carbonyl (C=O) groups is 1. The minimum atomic E-state index is -3.18. The van der Waals surface area contributed by atoms with Crippen LogP contribution < -0.4 is 0 Å². The molecule has 0 amide bonds. The van der Waals surface area contributed by atoms with Crippen molar-refractivity contribution < 1.29 is 43.7 Å². The van der Waals surface area contributed by atoms with Crippen LogP contribution in [-0.2, 0) is 9.53 Å². The summed E-state index contributed by atoms with van der Waals surface area (Å²) in [4.78, 5) is 10.7. The standard InChI is InChI=1S/C20H32O6/c1-2-3-6-9-15(21)12-13-18-16(17(22)14-20(25)26-18)10-7-4-5-8-11-19(23)24/h3-4,6-7,12-13,15-18,20-22,25H,2,5,8-11,14H2,1H3,(H,23,24)/b6-3-,7-4-,13-12+/t15-,16+,17+,18-,20?/m1/s1/i3T,4T,6T,7T,12T,15T,16T,17T,18T,20T. The van der Waals surface area contributed by atoms with Crippen LogP contribution in [-0.4, -0.2) is 50.9 Å². The van der Waals surface area contributed by atoms with Gasteiger partial charge in [0.05, 0.1) is 30.6 Å². The molecule has 6 heteroatoms. The molecule has 0 aromatic carbocycles. The average Bonchev–Trinajstić information content (AvgIpc) is 2.69. The van der Waals surface area contributed by atoms with E-state index in [1.54, 1.807) is 6.92 Å². The second kappa shape index (κ2) is 12.8. The lowest BCUT2D eigenvalue weighted by molar-refractivity contribution is -0.199. The summed E-state index contributed by atoms with van der Waals surface area (Å²) in [6, 6.07) is -2.99. The zero-order chi connectivity index (χ0) is 28.3. The zero-order valence-corrected chi connectivity index (χ0v) is 14.6. The van der Waals surface area contributed by atoms with Crippen molar-refractivity contribution in [3.8, 4) is 0 Å². The van der Waals surface area contributed by atoms with Gasteiger partial charge in [0.2, 0.25) is 0 Å². The Bertz CT molecular complexity index is 932. The van der Waals surface area contributed by atoms with Gasteiger partial charge >= 0.3 is 5.97 Å². The number of aliphatic hydroxyl groups is 3. The predicted molar refractivity (Wildman–Crippen MR) is 99.4 cm³/mol. The number of carboxylic acids is 1. The first-order chi connectivity index (χ1) is 16.1. The van der Waals surface area contributed by atoms with E-state index in [-0.39, 0.29) is 31.7 Å². The highest BCUT2D eigenvalue weighted by atomic mass is 16.6. The number of hydrogen-bond donors (Lipinski definition) is 4. The van der Waals surface area contributed by atoms with Crippen molar-refractivity contribution >= 4 is 5.97 Å². The number of carboxylic acid groups (broad SMARTS) is 1. The number of ether oxygens (including phenoxy) is 1. The SMILES string of the molecule is [3H]/C(CC)=C(\[3H])C[C@@]([3H])(O)/C([3H])=C/[C@@]1([3H])OC([3H])(O)C[C@]([3H])(O)[C@]1([3H])C/C([3H])=C(/[3H])CCCC(=O)O. The molecule has 1 fully saturated rings. The van der Waals surface area contributed by atoms with E-state index in [9.17, 15) is 20.1 Å². The van der Waals surface area contributed by atoms with Crippen molar-refractivity contribution in [2.75, 3.05) is 0 Å². The second-order valence-corrected chi connectivity index (χ2v) is 5.36. The summed E-state index contributed by atoms with van der Waals surface area (Å²) >= 11 is 0. The van der Waals surface area contributed by atoms with Gasteiger partial charge in [0, 0.05) is 20.1 Å². The Kier molecular flexibility index (Phi) is 5.61. The van der Waals surface area contributed by atoms with Crippen molar-refractivity contribution in [3.05, 3.63) is 36.3 Å². The van der Waals surface area contributed by atoms with Gasteiger partial charge in [-0.15, -0.1) is 0 Å². The largest absolute Gasteiger partial charge is 0.481 e. The van der Waals surface area contributed by atoms with Crippen LogP contribution >= 0.6 is 0 Å². The van der Waals surface area contributed by atoms with Crippen LogP contribution in [0.15, 0.2) is 36.3 Å². The van der Waals surface area contributed by atoms with Gasteiger partial charge in [-0.3, -0.25) is 4.79 Å². The fourth-order valence-electron chi connectivity index (χ4n) is 1.96. The Balaban J connectivity index is 3.55. The van der Waals surface area contributed by atoms with Crippen molar-refractivity contribution in [3.63, 3.8) is 0 Å². The molecule has 1 saturated heterocycles. The van der Waals surface area contributed by atoms with Crippen molar-refractivity contribution in [2.24, 2.45) is 5.89 Å². The van der Waals surface area contributed by atoms with E-state index in [0.29, 0.717) is 6.08 Å². The van der Waals surface area contributed by atoms with Gasteiger partial charge in [0.25, 0.3) is 0 Å². The summed E-state index contributed by atoms with van der Waals surface area (Å²) in [6.45, 7) is 1.55. The second-order valence-electron chi connectivity index (χ2n) is 5.36. The molecule has 1 unspecified atom stereocenters. The molecule has 0 saturated carbocycles. The van der Waals surface area contributed by atoms with Crippen molar-refractivity contribution in [1.29, 1.82) is 0 Å². The highest BCUT2D eigenvalue weighted by Gasteiger charge is 2.35. The van der Waals surface area contributed by atoms with E-state index in [1.807, 2.05) is 0 Å². The minimum Gasteiger partial charge on any atom is -0.481 e. The maximum absolute atomic E-state index is 10.7. The molecule has 148 valence electrons. The average molecular weight is 389 g/mol. The first-order valence-corrected chi connectivity index (χ1v) is 8.22. The van der Waals surface area contributed by atoms with Gasteiger partial charge in [0.15, 0.2) is 6.27 Å². The van der Waals surface area contributed by atoms with Gasteiger partial charge in [-0.05, 0) is 32.1 Å². The molecule has 1 aliphatic rings. The molecular formula is C20H32O6. The van der Waals surface area contributed by atoms with E-state index in [4.69, 9.17) is 23.6 Å². The number of hydrogen-bond acceptors (Lipinski definition) is 5. The summed E-state index contributed by atoms with van der Waals surface area (Å²) in [5.41, 5.74) is 0. The Morgan fingerprint density at radius 3 is 2.85 bits per heavy atom. The Morgan fingerprint density at radius 1 is 1.38 bits per heavy atom. The summed E-state index contributed by atoms with van der Waals surface area (Å²) in [7, 11) is 0. The first-order valence-electron chi connectivity index (χ1n) is 13.2. The van der Waals surface area contributed by atoms with E-state index < -0.39 is 79.8 Å². The van der Waals surface area contributed by atoms with Crippen LogP contribution in [0.5, 0.6) is 0 Å². The summed E-state index contributed by atoms with van der Waals surface area (Å²) in [6.07, 6.45) is -15.6. The molecule has 0 bridgehead atoms. The normalized spacial score (nSPS) is 48.2. The first kappa shape index (κ1) is 11.4. The molecule has 0 radical (unpaired) electrons. The van der Waals surface area contributed by atoms with Crippen LogP contribution in [0, 0.1) is 5.89 Å². The van der Waals surface area contributed by atoms with Crippen molar-refractivity contribution in [1.82, 2.24) is 0 Å². The van der Waals surface area contributed by atoms with Crippen molar-refractivity contribution in [2.45, 2.75) is 76.4 Å². The summed E-state index contributed by atoms with van der Waals surface area (Å²) < 4.78 is 85.8. The third-order valence-electron chi connectivity index (χ3n) is 3.20. The molecule has 5 atom stereocenters. The Labute approximate surface area is 169 Å². The molecule has 1 rings (SSSR count). The Hall–Kier alpha value is -1.47. The van der Waals surface area contributed by atoms with E-state index in [2.05, 4.69) is 0 Å². The molecule has 0 aromatic rings. The molecule has 6 nitrogen and oxygen atoms in total. The van der Waals surface area contributed by atoms with Gasteiger partial charge in [-0.25, -0.2) is 0 Å². The predicted octanol–water partition coefficient (Wildman–Crippen LogP) is 2.55. The van der Waals surface area contributed by atoms with Crippen LogP contribution in [0.25, 0.3) is 0 Å². The fraction of sp³-hybridized carbons (Fsp3) is 0.650. The van der Waals surface area contributed by atoms with Gasteiger partial charge in [0.1, 0.15) is 0 Å². The molecule has 0 aromatic heterocycles. The van der Waals surface area contributed by atoms with Gasteiger partial charge in [-0.1, -0.05) is 43.3 Å². The molecule has 26 heavy (non-hydrogen) atoms. The smallest absolute Gasteiger partial charge is 0.303 e. The fourth-order valence-corrected chi connectivity index (χ4v) is 1.96. The third-order valence-corrected chi connectivity index (χ3v) is 3.20. The zero-order valence-electron chi connectivity index (χ0n) is 24.6. The minimum absolute atomic E-state index is 0.0248. The van der Waals surface area contributed by atoms with Crippen LogP contribution in [0.3, 0.4) is 0 Å². The number of rotatable bonds is 11. The summed E-state index contributed by atoms with van der Waals surface area (Å²) in [5, 5.41) is 39.9.